The second kappa shape index (κ2) is 5.90. The molecule has 3 N–H and O–H groups in total. The summed E-state index contributed by atoms with van der Waals surface area (Å²) in [5.41, 5.74) is 6.17. The van der Waals surface area contributed by atoms with Gasteiger partial charge in [0.15, 0.2) is 0 Å². The Hall–Kier alpha value is -1.44. The highest BCUT2D eigenvalue weighted by Crippen LogP contribution is 2.21. The minimum atomic E-state index is -3.70. The highest BCUT2D eigenvalue weighted by molar-refractivity contribution is 7.89. The molecule has 0 radical (unpaired) electrons. The zero-order valence-electron chi connectivity index (χ0n) is 11.4. The molecule has 0 spiro atoms. The van der Waals surface area contributed by atoms with E-state index in [2.05, 4.69) is 5.32 Å². The first-order valence-electron chi connectivity index (χ1n) is 6.49. The summed E-state index contributed by atoms with van der Waals surface area (Å²) in [4.78, 5) is 11.4. The molecule has 0 aliphatic carbocycles. The number of sulfonamides is 1. The van der Waals surface area contributed by atoms with Crippen LogP contribution in [-0.4, -0.2) is 44.3 Å². The van der Waals surface area contributed by atoms with Crippen molar-refractivity contribution in [3.8, 4) is 0 Å². The minimum absolute atomic E-state index is 0.191. The normalized spacial score (nSPS) is 19.4. The zero-order chi connectivity index (χ0) is 14.8. The number of benzene rings is 1. The Kier molecular flexibility index (Phi) is 4.42. The van der Waals surface area contributed by atoms with Crippen molar-refractivity contribution in [3.63, 3.8) is 0 Å². The average Bonchev–Trinajstić information content (AvgIpc) is 2.89. The fraction of sp³-hybridized carbons (Fsp3) is 0.462. The third-order valence-electron chi connectivity index (χ3n) is 3.38. The van der Waals surface area contributed by atoms with Crippen LogP contribution in [0.3, 0.4) is 0 Å². The number of rotatable bonds is 5. The van der Waals surface area contributed by atoms with E-state index in [0.29, 0.717) is 13.0 Å². The molecule has 1 aromatic rings. The first kappa shape index (κ1) is 15.0. The van der Waals surface area contributed by atoms with Gasteiger partial charge in [0.2, 0.25) is 15.9 Å². The first-order valence-corrected chi connectivity index (χ1v) is 7.93. The van der Waals surface area contributed by atoms with Crippen molar-refractivity contribution in [1.82, 2.24) is 9.62 Å². The lowest BCUT2D eigenvalue weighted by atomic mass is 10.2. The van der Waals surface area contributed by atoms with E-state index in [0.717, 1.165) is 12.1 Å². The third-order valence-corrected chi connectivity index (χ3v) is 5.29. The smallest absolute Gasteiger partial charge is 0.243 e. The van der Waals surface area contributed by atoms with Gasteiger partial charge < -0.3 is 11.1 Å². The second-order valence-corrected chi connectivity index (χ2v) is 6.87. The Bertz CT molecular complexity index is 577. The number of aryl methyl sites for hydroxylation is 1. The molecule has 1 unspecified atom stereocenters. The van der Waals surface area contributed by atoms with E-state index < -0.39 is 15.9 Å². The van der Waals surface area contributed by atoms with Gasteiger partial charge in [-0.3, -0.25) is 4.79 Å². The van der Waals surface area contributed by atoms with Gasteiger partial charge in [-0.25, -0.2) is 8.42 Å². The van der Waals surface area contributed by atoms with E-state index in [9.17, 15) is 13.2 Å². The number of nitrogens with one attached hydrogen (secondary N) is 1. The standard InChI is InChI=1S/C13H19N3O3S/c1-10-2-4-12(5-3-10)20(18,19)16(9-13(14)17)11-6-7-15-8-11/h2-5,11,15H,6-9H2,1H3,(H2,14,17). The van der Waals surface area contributed by atoms with Crippen LogP contribution in [0.15, 0.2) is 29.2 Å². The summed E-state index contributed by atoms with van der Waals surface area (Å²) in [5.74, 6) is -0.646. The molecule has 2 rings (SSSR count). The van der Waals surface area contributed by atoms with Crippen LogP contribution in [0.2, 0.25) is 0 Å². The number of hydrogen-bond donors (Lipinski definition) is 2. The molecule has 7 heteroatoms. The van der Waals surface area contributed by atoms with Gasteiger partial charge in [0.25, 0.3) is 0 Å². The first-order chi connectivity index (χ1) is 9.41. The number of nitrogens with two attached hydrogens (primary N) is 1. The molecule has 0 saturated carbocycles. The molecule has 6 nitrogen and oxygen atoms in total. The summed E-state index contributed by atoms with van der Waals surface area (Å²) in [5, 5.41) is 3.10. The van der Waals surface area contributed by atoms with Gasteiger partial charge in [0, 0.05) is 12.6 Å². The Morgan fingerprint density at radius 2 is 2.05 bits per heavy atom. The summed E-state index contributed by atoms with van der Waals surface area (Å²) in [6, 6.07) is 6.36. The van der Waals surface area contributed by atoms with Gasteiger partial charge in [-0.15, -0.1) is 0 Å². The van der Waals surface area contributed by atoms with E-state index in [1.807, 2.05) is 6.92 Å². The summed E-state index contributed by atoms with van der Waals surface area (Å²) in [7, 11) is -3.70. The quantitative estimate of drug-likeness (QED) is 0.789. The van der Waals surface area contributed by atoms with E-state index in [4.69, 9.17) is 5.73 Å². The molecular weight excluding hydrogens is 278 g/mol. The number of primary amides is 1. The Labute approximate surface area is 119 Å². The Morgan fingerprint density at radius 3 is 2.55 bits per heavy atom. The van der Waals surface area contributed by atoms with Crippen LogP contribution in [0, 0.1) is 6.92 Å². The van der Waals surface area contributed by atoms with Crippen LogP contribution in [0.25, 0.3) is 0 Å². The maximum absolute atomic E-state index is 12.7. The minimum Gasteiger partial charge on any atom is -0.369 e. The fourth-order valence-electron chi connectivity index (χ4n) is 2.29. The molecule has 1 aliphatic rings. The molecule has 1 fully saturated rings. The molecule has 1 amide bonds. The van der Waals surface area contributed by atoms with Crippen molar-refractivity contribution >= 4 is 15.9 Å². The molecule has 110 valence electrons. The van der Waals surface area contributed by atoms with Crippen LogP contribution in [0.1, 0.15) is 12.0 Å². The van der Waals surface area contributed by atoms with Crippen LogP contribution in [0.4, 0.5) is 0 Å². The van der Waals surface area contributed by atoms with E-state index in [1.165, 1.54) is 4.31 Å². The van der Waals surface area contributed by atoms with Gasteiger partial charge in [-0.05, 0) is 32.0 Å². The summed E-state index contributed by atoms with van der Waals surface area (Å²) >= 11 is 0. The van der Waals surface area contributed by atoms with E-state index >= 15 is 0 Å². The van der Waals surface area contributed by atoms with Gasteiger partial charge >= 0.3 is 0 Å². The molecule has 1 aliphatic heterocycles. The van der Waals surface area contributed by atoms with Crippen LogP contribution >= 0.6 is 0 Å². The fourth-order valence-corrected chi connectivity index (χ4v) is 3.92. The predicted molar refractivity (Wildman–Crippen MR) is 75.5 cm³/mol. The molecule has 0 aromatic heterocycles. The summed E-state index contributed by atoms with van der Waals surface area (Å²) in [6.45, 7) is 2.88. The molecule has 1 aromatic carbocycles. The average molecular weight is 297 g/mol. The van der Waals surface area contributed by atoms with Crippen LogP contribution in [0.5, 0.6) is 0 Å². The Morgan fingerprint density at radius 1 is 1.40 bits per heavy atom. The van der Waals surface area contributed by atoms with Crippen LogP contribution in [-0.2, 0) is 14.8 Å². The van der Waals surface area contributed by atoms with Gasteiger partial charge in [-0.1, -0.05) is 17.7 Å². The number of hydrogen-bond acceptors (Lipinski definition) is 4. The Balaban J connectivity index is 2.34. The summed E-state index contributed by atoms with van der Waals surface area (Å²) < 4.78 is 26.5. The van der Waals surface area contributed by atoms with Crippen molar-refractivity contribution in [2.45, 2.75) is 24.3 Å². The molecule has 0 bridgehead atoms. The predicted octanol–water partition coefficient (Wildman–Crippen LogP) is -0.167. The molecule has 1 heterocycles. The topological polar surface area (TPSA) is 92.5 Å². The zero-order valence-corrected chi connectivity index (χ0v) is 12.2. The van der Waals surface area contributed by atoms with Crippen molar-refractivity contribution in [2.24, 2.45) is 5.73 Å². The van der Waals surface area contributed by atoms with Gasteiger partial charge in [0.1, 0.15) is 0 Å². The third kappa shape index (κ3) is 3.17. The van der Waals surface area contributed by atoms with Crippen molar-refractivity contribution in [2.75, 3.05) is 19.6 Å². The largest absolute Gasteiger partial charge is 0.369 e. The molecule has 20 heavy (non-hydrogen) atoms. The number of carbonyl (C=O) groups excluding carboxylic acids is 1. The number of amides is 1. The molecule has 1 saturated heterocycles. The van der Waals surface area contributed by atoms with Gasteiger partial charge in [0.05, 0.1) is 11.4 Å². The second-order valence-electron chi connectivity index (χ2n) is 4.98. The van der Waals surface area contributed by atoms with Crippen LogP contribution < -0.4 is 11.1 Å². The number of carbonyl (C=O) groups is 1. The highest BCUT2D eigenvalue weighted by Gasteiger charge is 2.34. The lowest BCUT2D eigenvalue weighted by molar-refractivity contribution is -0.118. The summed E-state index contributed by atoms with van der Waals surface area (Å²) in [6.07, 6.45) is 0.679. The maximum Gasteiger partial charge on any atom is 0.243 e. The molecular formula is C13H19N3O3S. The monoisotopic (exact) mass is 297 g/mol. The lowest BCUT2D eigenvalue weighted by Gasteiger charge is -2.26. The van der Waals surface area contributed by atoms with Gasteiger partial charge in [-0.2, -0.15) is 4.31 Å². The van der Waals surface area contributed by atoms with Crippen molar-refractivity contribution < 1.29 is 13.2 Å². The van der Waals surface area contributed by atoms with E-state index in [-0.39, 0.29) is 17.5 Å². The lowest BCUT2D eigenvalue weighted by Crippen LogP contribution is -2.46. The van der Waals surface area contributed by atoms with Crippen molar-refractivity contribution in [3.05, 3.63) is 29.8 Å². The SMILES string of the molecule is Cc1ccc(S(=O)(=O)N(CC(N)=O)C2CCNC2)cc1. The van der Waals surface area contributed by atoms with E-state index in [1.54, 1.807) is 24.3 Å². The number of nitrogens with zero attached hydrogens (tertiary/aromatic N) is 1. The molecule has 1 atom stereocenters. The van der Waals surface area contributed by atoms with Crippen molar-refractivity contribution in [1.29, 1.82) is 0 Å². The highest BCUT2D eigenvalue weighted by atomic mass is 32.2. The maximum atomic E-state index is 12.7.